The number of aryl methyl sites for hydroxylation is 2. The van der Waals surface area contributed by atoms with Crippen molar-refractivity contribution in [1.82, 2.24) is 15.2 Å². The van der Waals surface area contributed by atoms with Gasteiger partial charge in [0.1, 0.15) is 0 Å². The van der Waals surface area contributed by atoms with Gasteiger partial charge in [0.15, 0.2) is 10.8 Å². The van der Waals surface area contributed by atoms with Crippen molar-refractivity contribution in [2.24, 2.45) is 0 Å². The summed E-state index contributed by atoms with van der Waals surface area (Å²) in [6, 6.07) is 1.69. The normalized spacial score (nSPS) is 10.3. The molecule has 2 aromatic rings. The number of carbonyl (C=O) groups is 1. The number of carbonyl (C=O) groups excluding carboxylic acids is 1. The fourth-order valence-electron chi connectivity index (χ4n) is 1.11. The van der Waals surface area contributed by atoms with Crippen molar-refractivity contribution in [2.45, 2.75) is 13.8 Å². The molecule has 0 aliphatic heterocycles. The summed E-state index contributed by atoms with van der Waals surface area (Å²) in [7, 11) is 0. The van der Waals surface area contributed by atoms with Gasteiger partial charge >= 0.3 is 0 Å². The van der Waals surface area contributed by atoms with Crippen LogP contribution in [0, 0.1) is 13.8 Å². The Kier molecular flexibility index (Phi) is 2.51. The molecule has 0 atom stereocenters. The molecule has 15 heavy (non-hydrogen) atoms. The Bertz CT molecular complexity index is 488. The highest BCUT2D eigenvalue weighted by atomic mass is 32.1. The van der Waals surface area contributed by atoms with Crippen molar-refractivity contribution in [3.8, 4) is 0 Å². The topological polar surface area (TPSA) is 70.7 Å². The molecule has 0 saturated heterocycles. The number of nitrogens with one attached hydrogen (secondary N) is 2. The molecule has 2 N–H and O–H groups in total. The third kappa shape index (κ3) is 2.21. The van der Waals surface area contributed by atoms with Gasteiger partial charge in [-0.3, -0.25) is 15.2 Å². The summed E-state index contributed by atoms with van der Waals surface area (Å²) in [5.41, 5.74) is 2.13. The van der Waals surface area contributed by atoms with Crippen LogP contribution in [0.25, 0.3) is 0 Å². The number of amides is 1. The van der Waals surface area contributed by atoms with Gasteiger partial charge < -0.3 is 0 Å². The number of rotatable bonds is 2. The Morgan fingerprint density at radius 1 is 1.53 bits per heavy atom. The molecule has 0 saturated carbocycles. The van der Waals surface area contributed by atoms with E-state index in [-0.39, 0.29) is 5.91 Å². The van der Waals surface area contributed by atoms with E-state index in [1.165, 1.54) is 11.3 Å². The number of anilines is 1. The molecule has 6 heteroatoms. The zero-order chi connectivity index (χ0) is 10.8. The number of H-pyrrole nitrogens is 1. The highest BCUT2D eigenvalue weighted by molar-refractivity contribution is 7.13. The second kappa shape index (κ2) is 3.82. The number of thiazole rings is 1. The molecule has 0 aliphatic rings. The van der Waals surface area contributed by atoms with Gasteiger partial charge in [0.2, 0.25) is 0 Å². The second-order valence-electron chi connectivity index (χ2n) is 3.18. The first-order valence-corrected chi connectivity index (χ1v) is 5.28. The molecule has 0 unspecified atom stereocenters. The van der Waals surface area contributed by atoms with Gasteiger partial charge in [-0.2, -0.15) is 5.10 Å². The maximum Gasteiger partial charge on any atom is 0.277 e. The van der Waals surface area contributed by atoms with Crippen LogP contribution in [0.3, 0.4) is 0 Å². The molecular formula is C9H10N4OS. The first-order valence-electron chi connectivity index (χ1n) is 4.40. The number of aromatic amines is 1. The van der Waals surface area contributed by atoms with Gasteiger partial charge in [-0.1, -0.05) is 0 Å². The molecule has 0 bridgehead atoms. The molecule has 2 heterocycles. The van der Waals surface area contributed by atoms with Gasteiger partial charge in [-0.15, -0.1) is 11.3 Å². The summed E-state index contributed by atoms with van der Waals surface area (Å²) in [5.74, 6) is -0.242. The minimum absolute atomic E-state index is 0.242. The first kappa shape index (κ1) is 9.85. The molecule has 0 spiro atoms. The average Bonchev–Trinajstić information content (AvgIpc) is 2.75. The number of nitrogens with zero attached hydrogens (tertiary/aromatic N) is 2. The fourth-order valence-corrected chi connectivity index (χ4v) is 1.79. The third-order valence-electron chi connectivity index (χ3n) is 1.78. The quantitative estimate of drug-likeness (QED) is 0.813. The lowest BCUT2D eigenvalue weighted by Gasteiger charge is -1.96. The molecule has 2 rings (SSSR count). The molecule has 0 fully saturated rings. The first-order chi connectivity index (χ1) is 7.15. The van der Waals surface area contributed by atoms with Crippen LogP contribution in [0.15, 0.2) is 11.4 Å². The van der Waals surface area contributed by atoms with Crippen LogP contribution in [0.5, 0.6) is 0 Å². The van der Waals surface area contributed by atoms with Crippen LogP contribution in [0.4, 0.5) is 5.13 Å². The average molecular weight is 222 g/mol. The highest BCUT2D eigenvalue weighted by Gasteiger charge is 2.10. The summed E-state index contributed by atoms with van der Waals surface area (Å²) in [4.78, 5) is 15.7. The predicted molar refractivity (Wildman–Crippen MR) is 58.1 cm³/mol. The Morgan fingerprint density at radius 2 is 2.33 bits per heavy atom. The van der Waals surface area contributed by atoms with Crippen molar-refractivity contribution in [3.05, 3.63) is 28.5 Å². The zero-order valence-corrected chi connectivity index (χ0v) is 9.18. The van der Waals surface area contributed by atoms with E-state index < -0.39 is 0 Å². The lowest BCUT2D eigenvalue weighted by molar-refractivity contribution is 0.102. The maximum atomic E-state index is 11.6. The Labute approximate surface area is 90.6 Å². The van der Waals surface area contributed by atoms with Crippen molar-refractivity contribution in [3.63, 3.8) is 0 Å². The Balaban J connectivity index is 2.10. The van der Waals surface area contributed by atoms with E-state index in [1.807, 2.05) is 19.2 Å². The summed E-state index contributed by atoms with van der Waals surface area (Å²) in [6.45, 7) is 3.72. The lowest BCUT2D eigenvalue weighted by atomic mass is 10.3. The van der Waals surface area contributed by atoms with Crippen molar-refractivity contribution in [2.75, 3.05) is 5.32 Å². The number of hydrogen-bond donors (Lipinski definition) is 2. The lowest BCUT2D eigenvalue weighted by Crippen LogP contribution is -2.12. The molecule has 2 aromatic heterocycles. The highest BCUT2D eigenvalue weighted by Crippen LogP contribution is 2.15. The molecule has 78 valence electrons. The van der Waals surface area contributed by atoms with E-state index >= 15 is 0 Å². The van der Waals surface area contributed by atoms with E-state index in [2.05, 4.69) is 20.5 Å². The minimum Gasteiger partial charge on any atom is -0.296 e. The fraction of sp³-hybridized carbons (Fsp3) is 0.222. The predicted octanol–water partition coefficient (Wildman–Crippen LogP) is 1.74. The van der Waals surface area contributed by atoms with Crippen molar-refractivity contribution < 1.29 is 4.79 Å². The van der Waals surface area contributed by atoms with Crippen LogP contribution in [0.1, 0.15) is 21.9 Å². The van der Waals surface area contributed by atoms with E-state index in [0.29, 0.717) is 10.8 Å². The number of aromatic nitrogens is 3. The largest absolute Gasteiger partial charge is 0.296 e. The summed E-state index contributed by atoms with van der Waals surface area (Å²) in [6.07, 6.45) is 0. The summed E-state index contributed by atoms with van der Waals surface area (Å²) >= 11 is 1.40. The van der Waals surface area contributed by atoms with Crippen molar-refractivity contribution in [1.29, 1.82) is 0 Å². The van der Waals surface area contributed by atoms with E-state index in [0.717, 1.165) is 11.4 Å². The third-order valence-corrected chi connectivity index (χ3v) is 2.65. The molecule has 5 nitrogen and oxygen atoms in total. The summed E-state index contributed by atoms with van der Waals surface area (Å²) < 4.78 is 0. The molecule has 0 aliphatic carbocycles. The maximum absolute atomic E-state index is 11.6. The SMILES string of the molecule is Cc1csc(NC(=O)c2cc(C)[nH]n2)n1. The second-order valence-corrected chi connectivity index (χ2v) is 4.04. The standard InChI is InChI=1S/C9H10N4OS/c1-5-3-7(13-12-5)8(14)11-9-10-6(2)4-15-9/h3-4H,1-2H3,(H,12,13)(H,10,11,14). The van der Waals surface area contributed by atoms with Gasteiger partial charge in [0, 0.05) is 11.1 Å². The van der Waals surface area contributed by atoms with Gasteiger partial charge in [-0.25, -0.2) is 4.98 Å². The Morgan fingerprint density at radius 3 is 2.87 bits per heavy atom. The van der Waals surface area contributed by atoms with Crippen LogP contribution in [-0.4, -0.2) is 21.1 Å². The molecule has 0 aromatic carbocycles. The van der Waals surface area contributed by atoms with Gasteiger partial charge in [-0.05, 0) is 19.9 Å². The van der Waals surface area contributed by atoms with Crippen LogP contribution in [0.2, 0.25) is 0 Å². The van der Waals surface area contributed by atoms with E-state index in [1.54, 1.807) is 6.07 Å². The minimum atomic E-state index is -0.242. The van der Waals surface area contributed by atoms with Crippen LogP contribution < -0.4 is 5.32 Å². The molecular weight excluding hydrogens is 212 g/mol. The van der Waals surface area contributed by atoms with Crippen LogP contribution >= 0.6 is 11.3 Å². The van der Waals surface area contributed by atoms with Gasteiger partial charge in [0.25, 0.3) is 5.91 Å². The zero-order valence-electron chi connectivity index (χ0n) is 8.37. The monoisotopic (exact) mass is 222 g/mol. The number of hydrogen-bond acceptors (Lipinski definition) is 4. The van der Waals surface area contributed by atoms with Crippen molar-refractivity contribution >= 4 is 22.4 Å². The smallest absolute Gasteiger partial charge is 0.277 e. The van der Waals surface area contributed by atoms with Crippen LogP contribution in [-0.2, 0) is 0 Å². The molecule has 0 radical (unpaired) electrons. The van der Waals surface area contributed by atoms with Gasteiger partial charge in [0.05, 0.1) is 5.69 Å². The van der Waals surface area contributed by atoms with E-state index in [4.69, 9.17) is 0 Å². The Hall–Kier alpha value is -1.69. The van der Waals surface area contributed by atoms with E-state index in [9.17, 15) is 4.79 Å². The summed E-state index contributed by atoms with van der Waals surface area (Å²) in [5, 5.41) is 11.7. The molecule has 1 amide bonds.